The Morgan fingerprint density at radius 3 is 1.85 bits per heavy atom. The predicted molar refractivity (Wildman–Crippen MR) is 201 cm³/mol. The molecule has 0 saturated heterocycles. The molecule has 2 aliphatic rings. The summed E-state index contributed by atoms with van der Waals surface area (Å²) < 4.78 is 7.19. The summed E-state index contributed by atoms with van der Waals surface area (Å²) in [7, 11) is 0. The minimum Gasteiger partial charge on any atom is -0.309 e. The van der Waals surface area contributed by atoms with Gasteiger partial charge in [-0.15, -0.1) is 0 Å². The van der Waals surface area contributed by atoms with Crippen LogP contribution in [-0.4, -0.2) is 9.13 Å². The summed E-state index contributed by atoms with van der Waals surface area (Å²) in [5.74, 6) is 0. The van der Waals surface area contributed by atoms with Crippen LogP contribution in [0.3, 0.4) is 0 Å². The van der Waals surface area contributed by atoms with Gasteiger partial charge in [0.25, 0.3) is 0 Å². The van der Waals surface area contributed by atoms with Crippen molar-refractivity contribution in [1.29, 1.82) is 0 Å². The van der Waals surface area contributed by atoms with E-state index < -0.39 is 5.41 Å². The molecule has 1 aliphatic carbocycles. The fourth-order valence-corrected chi connectivity index (χ4v) is 9.72. The zero-order valence-corrected chi connectivity index (χ0v) is 28.2. The molecule has 1 aliphatic heterocycles. The Labute approximate surface area is 287 Å². The smallest absolute Gasteiger partial charge is 0.0754 e. The van der Waals surface area contributed by atoms with Crippen molar-refractivity contribution < 1.29 is 0 Å². The van der Waals surface area contributed by atoms with Crippen LogP contribution in [0.2, 0.25) is 0 Å². The van der Waals surface area contributed by atoms with Crippen LogP contribution >= 0.6 is 31.9 Å². The Balaban J connectivity index is 1.38. The highest BCUT2D eigenvalue weighted by Gasteiger charge is 2.51. The second-order valence-corrected chi connectivity index (χ2v) is 14.6. The molecule has 47 heavy (non-hydrogen) atoms. The maximum absolute atomic E-state index is 3.80. The van der Waals surface area contributed by atoms with Crippen molar-refractivity contribution in [3.05, 3.63) is 177 Å². The number of rotatable bonds is 1. The predicted octanol–water partition coefficient (Wildman–Crippen LogP) is 12.1. The Bertz CT molecular complexity index is 2770. The van der Waals surface area contributed by atoms with Crippen LogP contribution in [0.5, 0.6) is 0 Å². The maximum atomic E-state index is 3.80. The molecule has 3 heterocycles. The third-order valence-corrected chi connectivity index (χ3v) is 11.6. The number of benzene rings is 7. The largest absolute Gasteiger partial charge is 0.309 e. The van der Waals surface area contributed by atoms with Gasteiger partial charge in [0.05, 0.1) is 33.2 Å². The monoisotopic (exact) mass is 726 g/mol. The molecule has 0 saturated carbocycles. The van der Waals surface area contributed by atoms with Crippen LogP contribution in [0.1, 0.15) is 22.3 Å². The highest BCUT2D eigenvalue weighted by molar-refractivity contribution is 9.10. The van der Waals surface area contributed by atoms with E-state index in [2.05, 4.69) is 187 Å². The molecular formula is C43H24Br2N2. The van der Waals surface area contributed by atoms with Gasteiger partial charge in [-0.1, -0.05) is 123 Å². The number of hydrogen-bond donors (Lipinski definition) is 0. The Morgan fingerprint density at radius 2 is 1.06 bits per heavy atom. The lowest BCUT2D eigenvalue weighted by Crippen LogP contribution is -2.33. The molecule has 0 bridgehead atoms. The van der Waals surface area contributed by atoms with Crippen LogP contribution < -0.4 is 0 Å². The van der Waals surface area contributed by atoms with Gasteiger partial charge in [0.15, 0.2) is 0 Å². The van der Waals surface area contributed by atoms with E-state index >= 15 is 0 Å². The number of nitrogens with zero attached hydrogens (tertiary/aromatic N) is 2. The van der Waals surface area contributed by atoms with Crippen LogP contribution in [0.4, 0.5) is 0 Å². The van der Waals surface area contributed by atoms with Crippen LogP contribution in [0.25, 0.3) is 66.1 Å². The second-order valence-electron chi connectivity index (χ2n) is 12.7. The Hall–Kier alpha value is -4.90. The van der Waals surface area contributed by atoms with E-state index in [4.69, 9.17) is 0 Å². The molecule has 0 unspecified atom stereocenters. The zero-order chi connectivity index (χ0) is 31.0. The van der Waals surface area contributed by atoms with Crippen molar-refractivity contribution in [2.75, 3.05) is 0 Å². The fourth-order valence-electron chi connectivity index (χ4n) is 8.99. The van der Waals surface area contributed by atoms with Gasteiger partial charge in [-0.25, -0.2) is 0 Å². The minimum atomic E-state index is -0.455. The van der Waals surface area contributed by atoms with E-state index in [0.717, 1.165) is 8.95 Å². The van der Waals surface area contributed by atoms with Gasteiger partial charge in [-0.05, 0) is 88.0 Å². The molecule has 220 valence electrons. The quantitative estimate of drug-likeness (QED) is 0.159. The first kappa shape index (κ1) is 26.2. The third-order valence-electron chi connectivity index (χ3n) is 10.6. The molecule has 7 aromatic carbocycles. The van der Waals surface area contributed by atoms with Gasteiger partial charge >= 0.3 is 0 Å². The number of aromatic nitrogens is 2. The number of hydrogen-bond acceptors (Lipinski definition) is 0. The average Bonchev–Trinajstić information content (AvgIpc) is 3.72. The molecule has 9 aromatic rings. The van der Waals surface area contributed by atoms with Crippen LogP contribution in [0.15, 0.2) is 155 Å². The summed E-state index contributed by atoms with van der Waals surface area (Å²) in [4.78, 5) is 0. The summed E-state index contributed by atoms with van der Waals surface area (Å²) in [5, 5.41) is 5.12. The van der Waals surface area contributed by atoms with Gasteiger partial charge in [-0.3, -0.25) is 0 Å². The first-order valence-corrected chi connectivity index (χ1v) is 17.5. The Morgan fingerprint density at radius 1 is 0.426 bits per heavy atom. The average molecular weight is 728 g/mol. The SMILES string of the molecule is Brc1ccc2c(c1)-c1cc(Br)ccc1C21c2ccccc2-n2c3c1cccc3c1ccc3c(c4ccccc4n3-c3ccccc3)c12. The lowest BCUT2D eigenvalue weighted by atomic mass is 9.65. The summed E-state index contributed by atoms with van der Waals surface area (Å²) in [5.41, 5.74) is 14.8. The van der Waals surface area contributed by atoms with Crippen LogP contribution in [0, 0.1) is 0 Å². The molecular weight excluding hydrogens is 704 g/mol. The van der Waals surface area contributed by atoms with Crippen molar-refractivity contribution >= 4 is 75.5 Å². The van der Waals surface area contributed by atoms with Crippen molar-refractivity contribution in [3.63, 3.8) is 0 Å². The standard InChI is InChI=1S/C43H24Br2N2/c44-25-17-20-33-31(23-25)32-24-26(45)18-21-34(32)43(33)35-13-5-7-16-38(35)47-41-28(12-8-14-36(41)43)29-19-22-39-40(42(29)47)30-11-4-6-15-37(30)46(39)27-9-2-1-3-10-27/h1-24H. The normalized spacial score (nSPS) is 13.9. The van der Waals surface area contributed by atoms with E-state index in [-0.39, 0.29) is 0 Å². The van der Waals surface area contributed by atoms with Gasteiger partial charge in [-0.2, -0.15) is 0 Å². The second kappa shape index (κ2) is 9.13. The van der Waals surface area contributed by atoms with E-state index in [1.165, 1.54) is 88.4 Å². The molecule has 11 rings (SSSR count). The zero-order valence-electron chi connectivity index (χ0n) is 25.0. The number of para-hydroxylation sites is 4. The van der Waals surface area contributed by atoms with Gasteiger partial charge in [0, 0.05) is 36.2 Å². The van der Waals surface area contributed by atoms with E-state index in [1.54, 1.807) is 0 Å². The fraction of sp³-hybridized carbons (Fsp3) is 0.0233. The summed E-state index contributed by atoms with van der Waals surface area (Å²) in [6.45, 7) is 0. The lowest BCUT2D eigenvalue weighted by molar-refractivity contribution is 0.748. The Kier molecular flexibility index (Phi) is 5.09. The number of halogens is 2. The molecule has 2 aromatic heterocycles. The van der Waals surface area contributed by atoms with Gasteiger partial charge < -0.3 is 9.13 Å². The first-order chi connectivity index (χ1) is 23.2. The third kappa shape index (κ3) is 3.11. The van der Waals surface area contributed by atoms with Crippen molar-refractivity contribution in [2.45, 2.75) is 5.41 Å². The van der Waals surface area contributed by atoms with Crippen molar-refractivity contribution in [3.8, 4) is 22.5 Å². The molecule has 0 N–H and O–H groups in total. The molecule has 2 nitrogen and oxygen atoms in total. The summed E-state index contributed by atoms with van der Waals surface area (Å²) >= 11 is 7.60. The highest BCUT2D eigenvalue weighted by Crippen LogP contribution is 2.62. The topological polar surface area (TPSA) is 9.86 Å². The molecule has 0 amide bonds. The molecule has 1 spiro atoms. The summed E-state index contributed by atoms with van der Waals surface area (Å²) in [6, 6.07) is 54.0. The molecule has 4 heteroatoms. The minimum absolute atomic E-state index is 0.455. The van der Waals surface area contributed by atoms with Crippen LogP contribution in [-0.2, 0) is 5.41 Å². The molecule has 0 atom stereocenters. The van der Waals surface area contributed by atoms with Crippen molar-refractivity contribution in [1.82, 2.24) is 9.13 Å². The van der Waals surface area contributed by atoms with E-state index in [0.29, 0.717) is 0 Å². The number of fused-ring (bicyclic) bond motifs is 16. The van der Waals surface area contributed by atoms with Gasteiger partial charge in [0.2, 0.25) is 0 Å². The van der Waals surface area contributed by atoms with E-state index in [1.807, 2.05) is 0 Å². The van der Waals surface area contributed by atoms with Gasteiger partial charge in [0.1, 0.15) is 0 Å². The highest BCUT2D eigenvalue weighted by atomic mass is 79.9. The maximum Gasteiger partial charge on any atom is 0.0754 e. The molecule has 0 radical (unpaired) electrons. The first-order valence-electron chi connectivity index (χ1n) is 15.9. The molecule has 0 fully saturated rings. The van der Waals surface area contributed by atoms with E-state index in [9.17, 15) is 0 Å². The van der Waals surface area contributed by atoms with Crippen molar-refractivity contribution in [2.24, 2.45) is 0 Å². The lowest BCUT2D eigenvalue weighted by Gasteiger charge is -2.39. The summed E-state index contributed by atoms with van der Waals surface area (Å²) in [6.07, 6.45) is 0.